The highest BCUT2D eigenvalue weighted by Crippen LogP contribution is 2.23. The number of aromatic nitrogens is 1. The summed E-state index contributed by atoms with van der Waals surface area (Å²) in [5, 5.41) is 10.3. The number of para-hydroxylation sites is 1. The van der Waals surface area contributed by atoms with E-state index in [2.05, 4.69) is 37.9 Å². The maximum atomic E-state index is 9.28. The monoisotopic (exact) mass is 291 g/mol. The molecule has 4 heteroatoms. The van der Waals surface area contributed by atoms with Crippen LogP contribution in [0, 0.1) is 13.8 Å². The highest BCUT2D eigenvalue weighted by molar-refractivity contribution is 7.11. The van der Waals surface area contributed by atoms with Gasteiger partial charge < -0.3 is 9.84 Å². The second kappa shape index (κ2) is 6.86. The van der Waals surface area contributed by atoms with Gasteiger partial charge in [-0.05, 0) is 31.4 Å². The Kier molecular flexibility index (Phi) is 5.15. The van der Waals surface area contributed by atoms with E-state index in [0.29, 0.717) is 6.61 Å². The van der Waals surface area contributed by atoms with Crippen LogP contribution in [0.15, 0.2) is 18.2 Å². The standard InChI is InChI=1S/C16H21NO2S/c1-4-13-14(10-18)20-15(17-13)8-9-19-16-11(2)6-5-7-12(16)3/h5-7,18H,4,8-10H2,1-3H3. The van der Waals surface area contributed by atoms with Gasteiger partial charge in [0.15, 0.2) is 0 Å². The molecule has 1 aromatic carbocycles. The highest BCUT2D eigenvalue weighted by Gasteiger charge is 2.09. The van der Waals surface area contributed by atoms with E-state index in [-0.39, 0.29) is 6.61 Å². The van der Waals surface area contributed by atoms with E-state index in [9.17, 15) is 5.11 Å². The Morgan fingerprint density at radius 2 is 1.95 bits per heavy atom. The number of aryl methyl sites for hydroxylation is 3. The van der Waals surface area contributed by atoms with Crippen LogP contribution in [0.4, 0.5) is 0 Å². The first-order valence-electron chi connectivity index (χ1n) is 6.93. The lowest BCUT2D eigenvalue weighted by molar-refractivity contribution is 0.284. The van der Waals surface area contributed by atoms with Crippen molar-refractivity contribution in [3.8, 4) is 5.75 Å². The van der Waals surface area contributed by atoms with E-state index in [1.165, 1.54) is 0 Å². The van der Waals surface area contributed by atoms with Crippen molar-refractivity contribution in [2.45, 2.75) is 40.2 Å². The summed E-state index contributed by atoms with van der Waals surface area (Å²) in [5.41, 5.74) is 3.34. The fourth-order valence-corrected chi connectivity index (χ4v) is 3.21. The molecule has 3 nitrogen and oxygen atoms in total. The van der Waals surface area contributed by atoms with E-state index in [1.807, 2.05) is 6.07 Å². The van der Waals surface area contributed by atoms with Gasteiger partial charge >= 0.3 is 0 Å². The highest BCUT2D eigenvalue weighted by atomic mass is 32.1. The number of nitrogens with zero attached hydrogens (tertiary/aromatic N) is 1. The predicted octanol–water partition coefficient (Wildman–Crippen LogP) is 3.44. The van der Waals surface area contributed by atoms with E-state index < -0.39 is 0 Å². The molecule has 0 unspecified atom stereocenters. The normalized spacial score (nSPS) is 10.8. The zero-order chi connectivity index (χ0) is 14.5. The van der Waals surface area contributed by atoms with Gasteiger partial charge in [0.05, 0.1) is 28.8 Å². The molecule has 0 radical (unpaired) electrons. The number of rotatable bonds is 6. The van der Waals surface area contributed by atoms with Crippen molar-refractivity contribution in [3.05, 3.63) is 44.9 Å². The summed E-state index contributed by atoms with van der Waals surface area (Å²) in [7, 11) is 0. The Morgan fingerprint density at radius 3 is 2.50 bits per heavy atom. The maximum Gasteiger partial charge on any atom is 0.125 e. The van der Waals surface area contributed by atoms with E-state index in [0.717, 1.165) is 45.3 Å². The van der Waals surface area contributed by atoms with Crippen LogP contribution in [0.25, 0.3) is 0 Å². The van der Waals surface area contributed by atoms with Crippen LogP contribution >= 0.6 is 11.3 Å². The van der Waals surface area contributed by atoms with Gasteiger partial charge in [0.2, 0.25) is 0 Å². The molecule has 1 heterocycles. The lowest BCUT2D eigenvalue weighted by atomic mass is 10.1. The van der Waals surface area contributed by atoms with Gasteiger partial charge in [-0.1, -0.05) is 25.1 Å². The quantitative estimate of drug-likeness (QED) is 0.886. The molecular formula is C16H21NO2S. The summed E-state index contributed by atoms with van der Waals surface area (Å²) >= 11 is 1.59. The molecule has 0 saturated heterocycles. The molecule has 0 bridgehead atoms. The maximum absolute atomic E-state index is 9.28. The Bertz CT molecular complexity index is 536. The number of aliphatic hydroxyl groups is 1. The summed E-state index contributed by atoms with van der Waals surface area (Å²) in [6, 6.07) is 6.16. The molecule has 0 aliphatic heterocycles. The minimum absolute atomic E-state index is 0.0819. The first-order valence-corrected chi connectivity index (χ1v) is 7.74. The first-order chi connectivity index (χ1) is 9.65. The fraction of sp³-hybridized carbons (Fsp3) is 0.438. The zero-order valence-corrected chi connectivity index (χ0v) is 13.1. The van der Waals surface area contributed by atoms with Crippen molar-refractivity contribution in [2.75, 3.05) is 6.61 Å². The van der Waals surface area contributed by atoms with E-state index >= 15 is 0 Å². The van der Waals surface area contributed by atoms with Gasteiger partial charge in [-0.15, -0.1) is 11.3 Å². The number of ether oxygens (including phenoxy) is 1. The summed E-state index contributed by atoms with van der Waals surface area (Å²) in [5.74, 6) is 0.974. The molecule has 2 rings (SSSR count). The number of thiazole rings is 1. The number of hydrogen-bond donors (Lipinski definition) is 1. The molecule has 0 atom stereocenters. The summed E-state index contributed by atoms with van der Waals surface area (Å²) in [4.78, 5) is 5.54. The summed E-state index contributed by atoms with van der Waals surface area (Å²) < 4.78 is 5.89. The van der Waals surface area contributed by atoms with Gasteiger partial charge in [-0.25, -0.2) is 4.98 Å². The topological polar surface area (TPSA) is 42.4 Å². The average molecular weight is 291 g/mol. The molecule has 0 fully saturated rings. The van der Waals surface area contributed by atoms with Crippen LogP contribution < -0.4 is 4.74 Å². The molecule has 0 saturated carbocycles. The second-order valence-electron chi connectivity index (χ2n) is 4.81. The fourth-order valence-electron chi connectivity index (χ4n) is 2.21. The van der Waals surface area contributed by atoms with Gasteiger partial charge in [0.25, 0.3) is 0 Å². The van der Waals surface area contributed by atoms with Crippen molar-refractivity contribution < 1.29 is 9.84 Å². The smallest absolute Gasteiger partial charge is 0.125 e. The number of aliphatic hydroxyl groups excluding tert-OH is 1. The van der Waals surface area contributed by atoms with Gasteiger partial charge in [-0.2, -0.15) is 0 Å². The van der Waals surface area contributed by atoms with Crippen molar-refractivity contribution >= 4 is 11.3 Å². The van der Waals surface area contributed by atoms with Crippen molar-refractivity contribution in [2.24, 2.45) is 0 Å². The van der Waals surface area contributed by atoms with E-state index in [4.69, 9.17) is 4.74 Å². The van der Waals surface area contributed by atoms with Crippen LogP contribution in [0.1, 0.15) is 33.6 Å². The minimum atomic E-state index is 0.0819. The lowest BCUT2D eigenvalue weighted by Crippen LogP contribution is -2.03. The third-order valence-electron chi connectivity index (χ3n) is 3.27. The van der Waals surface area contributed by atoms with E-state index in [1.54, 1.807) is 11.3 Å². The second-order valence-corrected chi connectivity index (χ2v) is 5.98. The molecule has 0 amide bonds. The van der Waals surface area contributed by atoms with Crippen molar-refractivity contribution in [1.29, 1.82) is 0 Å². The van der Waals surface area contributed by atoms with Crippen LogP contribution in [0.3, 0.4) is 0 Å². The third kappa shape index (κ3) is 3.38. The van der Waals surface area contributed by atoms with Gasteiger partial charge in [0, 0.05) is 6.42 Å². The van der Waals surface area contributed by atoms with Crippen LogP contribution in [0.5, 0.6) is 5.75 Å². The average Bonchev–Trinajstić information content (AvgIpc) is 2.84. The zero-order valence-electron chi connectivity index (χ0n) is 12.3. The van der Waals surface area contributed by atoms with Gasteiger partial charge in [-0.3, -0.25) is 0 Å². The largest absolute Gasteiger partial charge is 0.493 e. The van der Waals surface area contributed by atoms with Crippen molar-refractivity contribution in [3.63, 3.8) is 0 Å². The Morgan fingerprint density at radius 1 is 1.25 bits per heavy atom. The molecule has 108 valence electrons. The molecule has 2 aromatic rings. The SMILES string of the molecule is CCc1nc(CCOc2c(C)cccc2C)sc1CO. The molecule has 0 aliphatic carbocycles. The minimum Gasteiger partial charge on any atom is -0.493 e. The molecule has 20 heavy (non-hydrogen) atoms. The molecule has 1 aromatic heterocycles. The predicted molar refractivity (Wildman–Crippen MR) is 82.5 cm³/mol. The molecule has 0 aliphatic rings. The number of hydrogen-bond acceptors (Lipinski definition) is 4. The van der Waals surface area contributed by atoms with Crippen LogP contribution in [-0.4, -0.2) is 16.7 Å². The first kappa shape index (κ1) is 15.0. The van der Waals surface area contributed by atoms with Crippen LogP contribution in [-0.2, 0) is 19.4 Å². The molecular weight excluding hydrogens is 270 g/mol. The summed E-state index contributed by atoms with van der Waals surface area (Å²) in [6.45, 7) is 6.88. The van der Waals surface area contributed by atoms with Crippen LogP contribution in [0.2, 0.25) is 0 Å². The number of benzene rings is 1. The Balaban J connectivity index is 1.98. The van der Waals surface area contributed by atoms with Crippen molar-refractivity contribution in [1.82, 2.24) is 4.98 Å². The third-order valence-corrected chi connectivity index (χ3v) is 4.41. The molecule has 0 spiro atoms. The van der Waals surface area contributed by atoms with Gasteiger partial charge in [0.1, 0.15) is 5.75 Å². The summed E-state index contributed by atoms with van der Waals surface area (Å²) in [6.07, 6.45) is 1.65. The Hall–Kier alpha value is -1.39. The lowest BCUT2D eigenvalue weighted by Gasteiger charge is -2.10. The molecule has 1 N–H and O–H groups in total. The Labute approximate surface area is 124 Å².